The van der Waals surface area contributed by atoms with E-state index >= 15 is 0 Å². The summed E-state index contributed by atoms with van der Waals surface area (Å²) in [5.74, 6) is -3.37. The van der Waals surface area contributed by atoms with Gasteiger partial charge < -0.3 is 15.5 Å². The average Bonchev–Trinajstić information content (AvgIpc) is 2.83. The molecule has 10 heteroatoms. The van der Waals surface area contributed by atoms with Crippen LogP contribution in [0.5, 0.6) is 0 Å². The van der Waals surface area contributed by atoms with Crippen LogP contribution >= 0.6 is 11.6 Å². The fourth-order valence-electron chi connectivity index (χ4n) is 3.22. The summed E-state index contributed by atoms with van der Waals surface area (Å²) in [4.78, 5) is 39.5. The van der Waals surface area contributed by atoms with Gasteiger partial charge in [0.15, 0.2) is 6.10 Å². The summed E-state index contributed by atoms with van der Waals surface area (Å²) in [6, 6.07) is 17.3. The lowest BCUT2D eigenvalue weighted by Gasteiger charge is -2.20. The van der Waals surface area contributed by atoms with Gasteiger partial charge in [0, 0.05) is 23.7 Å². The Morgan fingerprint density at radius 2 is 1.74 bits per heavy atom. The first-order chi connectivity index (χ1) is 16.3. The highest BCUT2D eigenvalue weighted by atomic mass is 35.5. The Kier molecular flexibility index (Phi) is 8.55. The molecule has 0 saturated carbocycles. The van der Waals surface area contributed by atoms with E-state index in [1.165, 1.54) is 6.20 Å². The Morgan fingerprint density at radius 3 is 2.38 bits per heavy atom. The summed E-state index contributed by atoms with van der Waals surface area (Å²) in [6.07, 6.45) is 1.24. The van der Waals surface area contributed by atoms with Crippen LogP contribution in [0.25, 0.3) is 11.1 Å². The second-order valence-electron chi connectivity index (χ2n) is 7.49. The predicted octanol–water partition coefficient (Wildman–Crippen LogP) is 2.41. The van der Waals surface area contributed by atoms with Crippen molar-refractivity contribution in [2.24, 2.45) is 0 Å². The molecular weight excluding hydrogens is 460 g/mol. The zero-order valence-corrected chi connectivity index (χ0v) is 18.7. The van der Waals surface area contributed by atoms with Gasteiger partial charge in [-0.05, 0) is 47.4 Å². The van der Waals surface area contributed by atoms with Crippen molar-refractivity contribution in [2.45, 2.75) is 25.0 Å². The van der Waals surface area contributed by atoms with E-state index in [1.807, 2.05) is 42.5 Å². The number of pyridine rings is 1. The normalized spacial score (nSPS) is 12.3. The van der Waals surface area contributed by atoms with Gasteiger partial charge in [0.05, 0.1) is 11.9 Å². The molecule has 1 heterocycles. The molecule has 176 valence electrons. The van der Waals surface area contributed by atoms with Gasteiger partial charge in [-0.3, -0.25) is 25.4 Å². The van der Waals surface area contributed by atoms with Crippen LogP contribution in [0.4, 0.5) is 5.69 Å². The molecule has 0 spiro atoms. The second-order valence-corrected chi connectivity index (χ2v) is 7.93. The number of nitrogens with one attached hydrogen (secondary N) is 3. The second kappa shape index (κ2) is 11.8. The van der Waals surface area contributed by atoms with Gasteiger partial charge in [0.25, 0.3) is 0 Å². The maximum absolute atomic E-state index is 12.4. The highest BCUT2D eigenvalue weighted by Gasteiger charge is 2.24. The third-order valence-electron chi connectivity index (χ3n) is 4.91. The first kappa shape index (κ1) is 24.7. The van der Waals surface area contributed by atoms with Gasteiger partial charge >= 0.3 is 17.8 Å². The Bertz CT molecular complexity index is 1140. The monoisotopic (exact) mass is 482 g/mol. The number of hydrogen-bond donors (Lipinski definition) is 5. The quantitative estimate of drug-likeness (QED) is 0.233. The topological polar surface area (TPSA) is 141 Å². The minimum atomic E-state index is -1.70. The molecule has 0 aliphatic carbocycles. The van der Waals surface area contributed by atoms with Gasteiger partial charge in [-0.25, -0.2) is 4.79 Å². The van der Waals surface area contributed by atoms with E-state index in [0.717, 1.165) is 16.7 Å². The van der Waals surface area contributed by atoms with Crippen molar-refractivity contribution < 1.29 is 24.6 Å². The zero-order valence-electron chi connectivity index (χ0n) is 17.9. The Labute approximate surface area is 200 Å². The van der Waals surface area contributed by atoms with Crippen molar-refractivity contribution in [1.82, 2.24) is 15.7 Å². The number of aliphatic carboxylic acids is 1. The number of carboxylic acid groups (broad SMARTS) is 1. The van der Waals surface area contributed by atoms with Crippen molar-refractivity contribution in [3.63, 3.8) is 0 Å². The predicted molar refractivity (Wildman–Crippen MR) is 127 cm³/mol. The van der Waals surface area contributed by atoms with E-state index in [1.54, 1.807) is 24.4 Å². The van der Waals surface area contributed by atoms with Gasteiger partial charge in [0.2, 0.25) is 0 Å². The molecule has 5 N–H and O–H groups in total. The first-order valence-corrected chi connectivity index (χ1v) is 10.7. The number of aliphatic hydroxyl groups is 1. The molecule has 0 aliphatic heterocycles. The molecular formula is C24H23ClN4O5. The number of benzene rings is 2. The van der Waals surface area contributed by atoms with Crippen LogP contribution in [-0.4, -0.2) is 45.1 Å². The lowest BCUT2D eigenvalue weighted by molar-refractivity contribution is -0.147. The molecule has 2 aromatic carbocycles. The first-order valence-electron chi connectivity index (χ1n) is 10.3. The summed E-state index contributed by atoms with van der Waals surface area (Å²) in [5, 5.41) is 22.0. The van der Waals surface area contributed by atoms with E-state index in [4.69, 9.17) is 16.7 Å². The van der Waals surface area contributed by atoms with Crippen molar-refractivity contribution >= 4 is 35.1 Å². The largest absolute Gasteiger partial charge is 0.479 e. The number of hydrazine groups is 1. The van der Waals surface area contributed by atoms with Crippen molar-refractivity contribution in [3.05, 3.63) is 83.6 Å². The van der Waals surface area contributed by atoms with Crippen LogP contribution in [0, 0.1) is 0 Å². The highest BCUT2D eigenvalue weighted by molar-refractivity contribution is 6.35. The maximum Gasteiger partial charge on any atom is 0.332 e. The van der Waals surface area contributed by atoms with E-state index in [2.05, 4.69) is 21.2 Å². The number of carbonyl (C=O) groups is 3. The van der Waals surface area contributed by atoms with E-state index < -0.39 is 29.9 Å². The number of nitrogens with zero attached hydrogens (tertiary/aromatic N) is 1. The lowest BCUT2D eigenvalue weighted by atomic mass is 9.98. The summed E-state index contributed by atoms with van der Waals surface area (Å²) in [5.41, 5.74) is 7.92. The molecule has 1 aromatic heterocycles. The van der Waals surface area contributed by atoms with Gasteiger partial charge in [-0.2, -0.15) is 0 Å². The van der Waals surface area contributed by atoms with Crippen molar-refractivity contribution in [1.29, 1.82) is 0 Å². The summed E-state index contributed by atoms with van der Waals surface area (Å²) >= 11 is 6.05. The van der Waals surface area contributed by atoms with Crippen LogP contribution in [0.15, 0.2) is 73.1 Å². The Balaban J connectivity index is 1.65. The number of halogens is 1. The van der Waals surface area contributed by atoms with Gasteiger partial charge in [0.1, 0.15) is 0 Å². The number of carbonyl (C=O) groups excluding carboxylic acids is 2. The molecule has 2 atom stereocenters. The van der Waals surface area contributed by atoms with Crippen molar-refractivity contribution in [3.8, 4) is 11.1 Å². The summed E-state index contributed by atoms with van der Waals surface area (Å²) < 4.78 is 0. The smallest absolute Gasteiger partial charge is 0.332 e. The van der Waals surface area contributed by atoms with Crippen molar-refractivity contribution in [2.75, 3.05) is 5.43 Å². The van der Waals surface area contributed by atoms with E-state index in [9.17, 15) is 19.5 Å². The molecule has 0 bridgehead atoms. The number of aliphatic hydroxyl groups excluding tert-OH is 1. The fraction of sp³-hybridized carbons (Fsp3) is 0.167. The van der Waals surface area contributed by atoms with Crippen LogP contribution < -0.4 is 16.2 Å². The molecule has 3 rings (SSSR count). The molecule has 34 heavy (non-hydrogen) atoms. The zero-order chi connectivity index (χ0) is 24.5. The number of hydrogen-bond acceptors (Lipinski definition) is 6. The lowest BCUT2D eigenvalue weighted by Crippen LogP contribution is -2.48. The Hall–Kier alpha value is -3.95. The molecule has 2 amide bonds. The molecule has 0 fully saturated rings. The molecule has 3 aromatic rings. The molecule has 0 unspecified atom stereocenters. The summed E-state index contributed by atoms with van der Waals surface area (Å²) in [7, 11) is 0. The highest BCUT2D eigenvalue weighted by Crippen LogP contribution is 2.23. The van der Waals surface area contributed by atoms with E-state index in [-0.39, 0.29) is 12.8 Å². The minimum absolute atomic E-state index is 0.204. The number of amides is 2. The number of carboxylic acids is 1. The third kappa shape index (κ3) is 7.29. The molecule has 9 nitrogen and oxygen atoms in total. The minimum Gasteiger partial charge on any atom is -0.479 e. The average molecular weight is 483 g/mol. The van der Waals surface area contributed by atoms with E-state index in [0.29, 0.717) is 10.7 Å². The van der Waals surface area contributed by atoms with Gasteiger partial charge in [-0.15, -0.1) is 0 Å². The SMILES string of the molecule is O=C(NNc1cccnc1)C(=O)N[C@H](Cc1ccc(-c2cccc(Cl)c2)cc1)C[C@@H](O)C(=O)O. The van der Waals surface area contributed by atoms with Crippen LogP contribution in [0.3, 0.4) is 0 Å². The number of anilines is 1. The molecule has 0 radical (unpaired) electrons. The fourth-order valence-corrected chi connectivity index (χ4v) is 3.41. The molecule has 0 saturated heterocycles. The number of aromatic nitrogens is 1. The van der Waals surface area contributed by atoms with Gasteiger partial charge in [-0.1, -0.05) is 48.0 Å². The van der Waals surface area contributed by atoms with Crippen LogP contribution in [0.1, 0.15) is 12.0 Å². The number of rotatable bonds is 9. The Morgan fingerprint density at radius 1 is 0.971 bits per heavy atom. The maximum atomic E-state index is 12.4. The molecule has 0 aliphatic rings. The standard InChI is InChI=1S/C24H23ClN4O5/c25-18-4-1-3-17(12-18)16-8-6-15(7-9-16)11-20(13-21(30)24(33)34)27-22(31)23(32)29-28-19-5-2-10-26-14-19/h1-10,12,14,20-21,28,30H,11,13H2,(H,27,31)(H,29,32)(H,33,34)/t20-,21-/m1/s1. The summed E-state index contributed by atoms with van der Waals surface area (Å²) in [6.45, 7) is 0. The van der Waals surface area contributed by atoms with Crippen LogP contribution in [-0.2, 0) is 20.8 Å². The van der Waals surface area contributed by atoms with Crippen LogP contribution in [0.2, 0.25) is 5.02 Å². The third-order valence-corrected chi connectivity index (χ3v) is 5.15.